The van der Waals surface area contributed by atoms with Gasteiger partial charge in [-0.2, -0.15) is 0 Å². The number of nitrogens with zero attached hydrogens (tertiary/aromatic N) is 2. The van der Waals surface area contributed by atoms with Crippen LogP contribution in [0.2, 0.25) is 0 Å². The topological polar surface area (TPSA) is 42.1 Å². The fraction of sp³-hybridized carbons (Fsp3) is 0.308. The molecule has 0 spiro atoms. The van der Waals surface area contributed by atoms with Crippen LogP contribution in [-0.2, 0) is 6.54 Å². The molecule has 2 heterocycles. The Balaban J connectivity index is 2.06. The van der Waals surface area contributed by atoms with E-state index in [-0.39, 0.29) is 6.04 Å². The van der Waals surface area contributed by atoms with E-state index in [1.54, 1.807) is 11.3 Å². The molecule has 0 radical (unpaired) electrons. The molecule has 0 aromatic carbocycles. The van der Waals surface area contributed by atoms with Crippen molar-refractivity contribution in [3.63, 3.8) is 0 Å². The molecule has 0 fully saturated rings. The third-order valence-electron chi connectivity index (χ3n) is 2.65. The summed E-state index contributed by atoms with van der Waals surface area (Å²) in [4.78, 5) is 7.90. The molecule has 90 valence electrons. The first-order valence-electron chi connectivity index (χ1n) is 5.62. The first-order valence-corrected chi connectivity index (χ1v) is 6.50. The van der Waals surface area contributed by atoms with Crippen LogP contribution < -0.4 is 10.6 Å². The standard InChI is InChI=1S/C13H17N3S/c1-10(14)13-6-5-11(8-15-13)16(2)9-12-4-3-7-17-12/h3-8,10H,9,14H2,1-2H3. The van der Waals surface area contributed by atoms with E-state index in [0.29, 0.717) is 0 Å². The zero-order valence-corrected chi connectivity index (χ0v) is 10.9. The van der Waals surface area contributed by atoms with Crippen molar-refractivity contribution < 1.29 is 0 Å². The Hall–Kier alpha value is -1.39. The molecule has 4 heteroatoms. The smallest absolute Gasteiger partial charge is 0.0569 e. The van der Waals surface area contributed by atoms with Gasteiger partial charge in [-0.15, -0.1) is 11.3 Å². The van der Waals surface area contributed by atoms with E-state index in [9.17, 15) is 0 Å². The molecule has 0 amide bonds. The van der Waals surface area contributed by atoms with E-state index >= 15 is 0 Å². The predicted molar refractivity (Wildman–Crippen MR) is 73.3 cm³/mol. The summed E-state index contributed by atoms with van der Waals surface area (Å²) in [7, 11) is 2.07. The SMILES string of the molecule is CC(N)c1ccc(N(C)Cc2cccs2)cn1. The molecule has 0 aliphatic rings. The lowest BCUT2D eigenvalue weighted by Crippen LogP contribution is -2.16. The van der Waals surface area contributed by atoms with Gasteiger partial charge >= 0.3 is 0 Å². The number of anilines is 1. The average Bonchev–Trinajstić information content (AvgIpc) is 2.82. The van der Waals surface area contributed by atoms with Crippen molar-refractivity contribution in [1.29, 1.82) is 0 Å². The second-order valence-electron chi connectivity index (χ2n) is 4.17. The van der Waals surface area contributed by atoms with Gasteiger partial charge in [0.05, 0.1) is 24.1 Å². The number of thiophene rings is 1. The Kier molecular flexibility index (Phi) is 3.76. The van der Waals surface area contributed by atoms with Crippen molar-refractivity contribution >= 4 is 17.0 Å². The number of hydrogen-bond donors (Lipinski definition) is 1. The molecule has 1 unspecified atom stereocenters. The van der Waals surface area contributed by atoms with Gasteiger partial charge in [0, 0.05) is 18.0 Å². The highest BCUT2D eigenvalue weighted by molar-refractivity contribution is 7.09. The number of aromatic nitrogens is 1. The van der Waals surface area contributed by atoms with Gasteiger partial charge in [0.25, 0.3) is 0 Å². The van der Waals surface area contributed by atoms with Gasteiger partial charge in [0.2, 0.25) is 0 Å². The first kappa shape index (κ1) is 12.1. The lowest BCUT2D eigenvalue weighted by Gasteiger charge is -2.18. The summed E-state index contributed by atoms with van der Waals surface area (Å²) in [5.41, 5.74) is 7.82. The number of nitrogens with two attached hydrogens (primary N) is 1. The van der Waals surface area contributed by atoms with Gasteiger partial charge in [-0.25, -0.2) is 0 Å². The lowest BCUT2D eigenvalue weighted by molar-refractivity contribution is 0.779. The molecular formula is C13H17N3S. The van der Waals surface area contributed by atoms with E-state index in [1.165, 1.54) is 4.88 Å². The highest BCUT2D eigenvalue weighted by Crippen LogP contribution is 2.18. The summed E-state index contributed by atoms with van der Waals surface area (Å²) < 4.78 is 0. The quantitative estimate of drug-likeness (QED) is 0.903. The monoisotopic (exact) mass is 247 g/mol. The zero-order chi connectivity index (χ0) is 12.3. The molecule has 17 heavy (non-hydrogen) atoms. The van der Waals surface area contributed by atoms with E-state index in [1.807, 2.05) is 19.2 Å². The summed E-state index contributed by atoms with van der Waals surface area (Å²) in [6.45, 7) is 2.86. The van der Waals surface area contributed by atoms with E-state index in [2.05, 4.69) is 40.5 Å². The molecule has 2 N–H and O–H groups in total. The number of pyridine rings is 1. The van der Waals surface area contributed by atoms with E-state index < -0.39 is 0 Å². The van der Waals surface area contributed by atoms with Crippen molar-refractivity contribution in [2.75, 3.05) is 11.9 Å². The molecule has 1 atom stereocenters. The molecule has 0 saturated carbocycles. The molecule has 0 bridgehead atoms. The van der Waals surface area contributed by atoms with Crippen LogP contribution in [0.15, 0.2) is 35.8 Å². The minimum absolute atomic E-state index is 0.00773. The van der Waals surface area contributed by atoms with Gasteiger partial charge in [-0.3, -0.25) is 4.98 Å². The Labute approximate surface area is 106 Å². The molecule has 2 aromatic rings. The Bertz CT molecular complexity index is 448. The van der Waals surface area contributed by atoms with Crippen LogP contribution in [0.4, 0.5) is 5.69 Å². The van der Waals surface area contributed by atoms with Gasteiger partial charge in [-0.05, 0) is 30.5 Å². The molecular weight excluding hydrogens is 230 g/mol. The highest BCUT2D eigenvalue weighted by Gasteiger charge is 2.05. The average molecular weight is 247 g/mol. The normalized spacial score (nSPS) is 12.4. The van der Waals surface area contributed by atoms with Crippen LogP contribution in [0.3, 0.4) is 0 Å². The summed E-state index contributed by atoms with van der Waals surface area (Å²) in [5, 5.41) is 2.10. The maximum Gasteiger partial charge on any atom is 0.0569 e. The Morgan fingerprint density at radius 2 is 2.24 bits per heavy atom. The second kappa shape index (κ2) is 5.29. The number of rotatable bonds is 4. The van der Waals surface area contributed by atoms with Crippen molar-refractivity contribution in [3.05, 3.63) is 46.4 Å². The van der Waals surface area contributed by atoms with E-state index in [4.69, 9.17) is 5.73 Å². The van der Waals surface area contributed by atoms with Crippen molar-refractivity contribution in [2.45, 2.75) is 19.5 Å². The van der Waals surface area contributed by atoms with Crippen molar-refractivity contribution in [1.82, 2.24) is 4.98 Å². The van der Waals surface area contributed by atoms with Gasteiger partial charge < -0.3 is 10.6 Å². The molecule has 0 aliphatic carbocycles. The zero-order valence-electron chi connectivity index (χ0n) is 10.1. The van der Waals surface area contributed by atoms with Gasteiger partial charge in [0.15, 0.2) is 0 Å². The van der Waals surface area contributed by atoms with Gasteiger partial charge in [0.1, 0.15) is 0 Å². The van der Waals surface area contributed by atoms with E-state index in [0.717, 1.165) is 17.9 Å². The third-order valence-corrected chi connectivity index (χ3v) is 3.51. The molecule has 2 rings (SSSR count). The second-order valence-corrected chi connectivity index (χ2v) is 5.20. The number of hydrogen-bond acceptors (Lipinski definition) is 4. The van der Waals surface area contributed by atoms with Crippen molar-refractivity contribution in [2.24, 2.45) is 5.73 Å². The van der Waals surface area contributed by atoms with Gasteiger partial charge in [-0.1, -0.05) is 6.07 Å². The van der Waals surface area contributed by atoms with Crippen LogP contribution in [0, 0.1) is 0 Å². The Morgan fingerprint density at radius 3 is 2.76 bits per heavy atom. The van der Waals surface area contributed by atoms with Crippen LogP contribution in [-0.4, -0.2) is 12.0 Å². The summed E-state index contributed by atoms with van der Waals surface area (Å²) in [6.07, 6.45) is 1.88. The minimum Gasteiger partial charge on any atom is -0.368 e. The molecule has 3 nitrogen and oxygen atoms in total. The fourth-order valence-corrected chi connectivity index (χ4v) is 2.38. The Morgan fingerprint density at radius 1 is 1.41 bits per heavy atom. The van der Waals surface area contributed by atoms with Crippen LogP contribution >= 0.6 is 11.3 Å². The van der Waals surface area contributed by atoms with Crippen LogP contribution in [0.25, 0.3) is 0 Å². The molecule has 0 aliphatic heterocycles. The lowest BCUT2D eigenvalue weighted by atomic mass is 10.2. The molecule has 0 saturated heterocycles. The predicted octanol–water partition coefficient (Wildman–Crippen LogP) is 2.80. The van der Waals surface area contributed by atoms with Crippen molar-refractivity contribution in [3.8, 4) is 0 Å². The maximum absolute atomic E-state index is 5.78. The summed E-state index contributed by atoms with van der Waals surface area (Å²) in [6, 6.07) is 8.27. The minimum atomic E-state index is -0.00773. The summed E-state index contributed by atoms with van der Waals surface area (Å²) >= 11 is 1.77. The third kappa shape index (κ3) is 3.05. The summed E-state index contributed by atoms with van der Waals surface area (Å²) in [5.74, 6) is 0. The van der Waals surface area contributed by atoms with Crippen LogP contribution in [0.1, 0.15) is 23.5 Å². The largest absolute Gasteiger partial charge is 0.368 e. The fourth-order valence-electron chi connectivity index (χ4n) is 1.62. The first-order chi connectivity index (χ1) is 8.16. The van der Waals surface area contributed by atoms with Crippen LogP contribution in [0.5, 0.6) is 0 Å². The highest BCUT2D eigenvalue weighted by atomic mass is 32.1. The maximum atomic E-state index is 5.78. The molecule has 2 aromatic heterocycles.